The molecule has 0 spiro atoms. The highest BCUT2D eigenvalue weighted by atomic mass is 35.5. The van der Waals surface area contributed by atoms with Crippen LogP contribution in [0, 0.1) is 5.92 Å². The number of carbonyl (C=O) groups excluding carboxylic acids is 1. The van der Waals surface area contributed by atoms with Crippen LogP contribution in [0.4, 0.5) is 11.6 Å². The highest BCUT2D eigenvalue weighted by Gasteiger charge is 2.23. The van der Waals surface area contributed by atoms with Crippen molar-refractivity contribution in [3.8, 4) is 0 Å². The molecule has 0 bridgehead atoms. The molecule has 7 heteroatoms. The van der Waals surface area contributed by atoms with E-state index in [2.05, 4.69) is 22.2 Å². The summed E-state index contributed by atoms with van der Waals surface area (Å²) in [5.74, 6) is 0.823. The molecular formula is C17H18Cl2N4O. The number of piperidine rings is 1. The van der Waals surface area contributed by atoms with Gasteiger partial charge in [-0.25, -0.2) is 9.97 Å². The maximum absolute atomic E-state index is 12.6. The molecule has 1 amide bonds. The molecule has 3 rings (SSSR count). The summed E-state index contributed by atoms with van der Waals surface area (Å²) in [4.78, 5) is 23.0. The zero-order valence-corrected chi connectivity index (χ0v) is 14.8. The molecule has 0 aliphatic carbocycles. The standard InChI is InChI=1S/C17H18Cl2N4O/c1-11-3-2-8-23(10-11)16(24)15-6-7-20-17(22-15)21-12-4-5-13(18)14(19)9-12/h4-7,9,11H,2-3,8,10H2,1H3,(H,20,21,22). The zero-order valence-electron chi connectivity index (χ0n) is 13.3. The molecule has 2 heterocycles. The van der Waals surface area contributed by atoms with E-state index in [1.54, 1.807) is 30.5 Å². The van der Waals surface area contributed by atoms with E-state index in [0.717, 1.165) is 25.9 Å². The maximum Gasteiger partial charge on any atom is 0.272 e. The van der Waals surface area contributed by atoms with Crippen molar-refractivity contribution in [3.63, 3.8) is 0 Å². The Morgan fingerprint density at radius 3 is 2.88 bits per heavy atom. The number of benzene rings is 1. The smallest absolute Gasteiger partial charge is 0.272 e. The normalized spacial score (nSPS) is 17.6. The van der Waals surface area contributed by atoms with E-state index >= 15 is 0 Å². The molecule has 1 N–H and O–H groups in total. The Hall–Kier alpha value is -1.85. The fourth-order valence-electron chi connectivity index (χ4n) is 2.78. The molecule has 1 fully saturated rings. The van der Waals surface area contributed by atoms with Gasteiger partial charge in [-0.3, -0.25) is 4.79 Å². The van der Waals surface area contributed by atoms with Crippen molar-refractivity contribution in [2.45, 2.75) is 19.8 Å². The lowest BCUT2D eigenvalue weighted by molar-refractivity contribution is 0.0677. The summed E-state index contributed by atoms with van der Waals surface area (Å²) in [5, 5.41) is 3.96. The molecule has 5 nitrogen and oxygen atoms in total. The van der Waals surface area contributed by atoms with Crippen LogP contribution in [0.25, 0.3) is 0 Å². The summed E-state index contributed by atoms with van der Waals surface area (Å²) in [7, 11) is 0. The Morgan fingerprint density at radius 2 is 2.12 bits per heavy atom. The number of rotatable bonds is 3. The van der Waals surface area contributed by atoms with Crippen molar-refractivity contribution in [3.05, 3.63) is 46.2 Å². The van der Waals surface area contributed by atoms with Gasteiger partial charge in [0, 0.05) is 25.0 Å². The summed E-state index contributed by atoms with van der Waals surface area (Å²) in [6.45, 7) is 3.72. The first kappa shape index (κ1) is 17.0. The Bertz CT molecular complexity index is 753. The Balaban J connectivity index is 1.76. The van der Waals surface area contributed by atoms with Crippen molar-refractivity contribution in [2.75, 3.05) is 18.4 Å². The largest absolute Gasteiger partial charge is 0.337 e. The Morgan fingerprint density at radius 1 is 1.29 bits per heavy atom. The number of amides is 1. The Labute approximate surface area is 151 Å². The second-order valence-corrected chi connectivity index (χ2v) is 6.83. The van der Waals surface area contributed by atoms with Crippen molar-refractivity contribution >= 4 is 40.7 Å². The van der Waals surface area contributed by atoms with Crippen molar-refractivity contribution in [1.82, 2.24) is 14.9 Å². The SMILES string of the molecule is CC1CCCN(C(=O)c2ccnc(Nc3ccc(Cl)c(Cl)c3)n2)C1. The topological polar surface area (TPSA) is 58.1 Å². The van der Waals surface area contributed by atoms with Crippen LogP contribution in [0.2, 0.25) is 10.0 Å². The van der Waals surface area contributed by atoms with Gasteiger partial charge in [-0.05, 0) is 43.0 Å². The predicted octanol–water partition coefficient (Wildman–Crippen LogP) is 4.40. The van der Waals surface area contributed by atoms with Gasteiger partial charge in [-0.2, -0.15) is 0 Å². The van der Waals surface area contributed by atoms with Crippen molar-refractivity contribution in [2.24, 2.45) is 5.92 Å². The number of hydrogen-bond donors (Lipinski definition) is 1. The lowest BCUT2D eigenvalue weighted by Crippen LogP contribution is -2.39. The number of halogens is 2. The van der Waals surface area contributed by atoms with Gasteiger partial charge in [0.15, 0.2) is 0 Å². The summed E-state index contributed by atoms with van der Waals surface area (Å²) < 4.78 is 0. The van der Waals surface area contributed by atoms with E-state index in [9.17, 15) is 4.79 Å². The molecule has 0 radical (unpaired) electrons. The molecule has 1 aromatic carbocycles. The average molecular weight is 365 g/mol. The maximum atomic E-state index is 12.6. The number of nitrogens with zero attached hydrogens (tertiary/aromatic N) is 3. The zero-order chi connectivity index (χ0) is 17.1. The summed E-state index contributed by atoms with van der Waals surface area (Å²) in [6.07, 6.45) is 3.78. The van der Waals surface area contributed by atoms with Crippen LogP contribution >= 0.6 is 23.2 Å². The van der Waals surface area contributed by atoms with Crippen LogP contribution in [0.1, 0.15) is 30.3 Å². The lowest BCUT2D eigenvalue weighted by Gasteiger charge is -2.30. The number of carbonyl (C=O) groups is 1. The van der Waals surface area contributed by atoms with Gasteiger partial charge in [0.2, 0.25) is 5.95 Å². The molecule has 1 aliphatic heterocycles. The number of anilines is 2. The monoisotopic (exact) mass is 364 g/mol. The van der Waals surface area contributed by atoms with Crippen LogP contribution in [-0.4, -0.2) is 33.9 Å². The minimum atomic E-state index is -0.0545. The third-order valence-corrected chi connectivity index (χ3v) is 4.73. The first-order valence-corrected chi connectivity index (χ1v) is 8.63. The van der Waals surface area contributed by atoms with Gasteiger partial charge in [0.1, 0.15) is 5.69 Å². The molecule has 2 aromatic rings. The van der Waals surface area contributed by atoms with Crippen molar-refractivity contribution < 1.29 is 4.79 Å². The molecule has 1 aromatic heterocycles. The molecule has 0 saturated carbocycles. The first-order valence-electron chi connectivity index (χ1n) is 7.87. The van der Waals surface area contributed by atoms with Crippen molar-refractivity contribution in [1.29, 1.82) is 0 Å². The van der Waals surface area contributed by atoms with E-state index in [0.29, 0.717) is 33.3 Å². The highest BCUT2D eigenvalue weighted by Crippen LogP contribution is 2.26. The molecule has 126 valence electrons. The molecular weight excluding hydrogens is 347 g/mol. The molecule has 24 heavy (non-hydrogen) atoms. The molecule has 1 unspecified atom stereocenters. The molecule has 1 aliphatic rings. The van der Waals surface area contributed by atoms with Crippen LogP contribution < -0.4 is 5.32 Å². The van der Waals surface area contributed by atoms with E-state index in [1.807, 2.05) is 4.90 Å². The van der Waals surface area contributed by atoms with Crippen LogP contribution in [0.5, 0.6) is 0 Å². The average Bonchev–Trinajstić information content (AvgIpc) is 2.58. The number of nitrogens with one attached hydrogen (secondary N) is 1. The minimum Gasteiger partial charge on any atom is -0.337 e. The third kappa shape index (κ3) is 3.97. The summed E-state index contributed by atoms with van der Waals surface area (Å²) in [5.41, 5.74) is 1.10. The van der Waals surface area contributed by atoms with E-state index in [-0.39, 0.29) is 5.91 Å². The molecule has 1 atom stereocenters. The fraction of sp³-hybridized carbons (Fsp3) is 0.353. The van der Waals surface area contributed by atoms with Crippen LogP contribution in [0.15, 0.2) is 30.5 Å². The second kappa shape index (κ2) is 7.36. The number of hydrogen-bond acceptors (Lipinski definition) is 4. The van der Waals surface area contributed by atoms with Gasteiger partial charge in [0.05, 0.1) is 10.0 Å². The number of aromatic nitrogens is 2. The predicted molar refractivity (Wildman–Crippen MR) is 96.1 cm³/mol. The van der Waals surface area contributed by atoms with Crippen LogP contribution in [-0.2, 0) is 0 Å². The van der Waals surface area contributed by atoms with E-state index in [4.69, 9.17) is 23.2 Å². The highest BCUT2D eigenvalue weighted by molar-refractivity contribution is 6.42. The van der Waals surface area contributed by atoms with Gasteiger partial charge in [0.25, 0.3) is 5.91 Å². The van der Waals surface area contributed by atoms with Gasteiger partial charge in [-0.15, -0.1) is 0 Å². The molecule has 1 saturated heterocycles. The fourth-order valence-corrected chi connectivity index (χ4v) is 3.07. The van der Waals surface area contributed by atoms with Gasteiger partial charge < -0.3 is 10.2 Å². The second-order valence-electron chi connectivity index (χ2n) is 6.02. The van der Waals surface area contributed by atoms with Gasteiger partial charge in [-0.1, -0.05) is 30.1 Å². The summed E-state index contributed by atoms with van der Waals surface area (Å²) >= 11 is 11.9. The lowest BCUT2D eigenvalue weighted by atomic mass is 10.00. The minimum absolute atomic E-state index is 0.0545. The van der Waals surface area contributed by atoms with E-state index < -0.39 is 0 Å². The number of likely N-dealkylation sites (tertiary alicyclic amines) is 1. The summed E-state index contributed by atoms with van der Waals surface area (Å²) in [6, 6.07) is 6.80. The third-order valence-electron chi connectivity index (χ3n) is 3.99. The quantitative estimate of drug-likeness (QED) is 0.876. The van der Waals surface area contributed by atoms with Gasteiger partial charge >= 0.3 is 0 Å². The van der Waals surface area contributed by atoms with E-state index in [1.165, 1.54) is 0 Å². The van der Waals surface area contributed by atoms with Crippen LogP contribution in [0.3, 0.4) is 0 Å². The first-order chi connectivity index (χ1) is 11.5. The Kier molecular flexibility index (Phi) is 5.21.